The predicted octanol–water partition coefficient (Wildman–Crippen LogP) is 1.70. The number of halogens is 1. The van der Waals surface area contributed by atoms with Crippen LogP contribution >= 0.6 is 0 Å². The standard InChI is InChI=1S/C22H26FN3O3/c1-13-8-9-16(10-14(13)2)11-19(21(24)28)26-22(29)20(25-15(3)27)12-17-6-4-5-7-18(17)23/h4-10,19-20H,11-12H2,1-3H3,(H2,24,28)(H,25,27)(H,26,29)/t19-,20-/m1/s1. The van der Waals surface area contributed by atoms with Crippen LogP contribution in [-0.2, 0) is 27.2 Å². The summed E-state index contributed by atoms with van der Waals surface area (Å²) in [4.78, 5) is 36.2. The summed E-state index contributed by atoms with van der Waals surface area (Å²) < 4.78 is 14.0. The van der Waals surface area contributed by atoms with Crippen molar-refractivity contribution >= 4 is 17.7 Å². The number of carbonyl (C=O) groups excluding carboxylic acids is 3. The molecule has 2 aromatic rings. The van der Waals surface area contributed by atoms with Crippen LogP contribution in [0.15, 0.2) is 42.5 Å². The monoisotopic (exact) mass is 399 g/mol. The summed E-state index contributed by atoms with van der Waals surface area (Å²) >= 11 is 0. The first-order valence-corrected chi connectivity index (χ1v) is 9.33. The lowest BCUT2D eigenvalue weighted by Gasteiger charge is -2.22. The summed E-state index contributed by atoms with van der Waals surface area (Å²) in [6.45, 7) is 5.20. The Morgan fingerprint density at radius 2 is 1.66 bits per heavy atom. The number of nitrogens with one attached hydrogen (secondary N) is 2. The summed E-state index contributed by atoms with van der Waals surface area (Å²) in [7, 11) is 0. The van der Waals surface area contributed by atoms with Crippen molar-refractivity contribution in [3.05, 3.63) is 70.5 Å². The first-order valence-electron chi connectivity index (χ1n) is 9.33. The molecule has 0 bridgehead atoms. The molecule has 3 amide bonds. The highest BCUT2D eigenvalue weighted by atomic mass is 19.1. The van der Waals surface area contributed by atoms with Gasteiger partial charge in [-0.3, -0.25) is 14.4 Å². The zero-order valence-corrected chi connectivity index (χ0v) is 16.8. The number of primary amides is 1. The second-order valence-corrected chi connectivity index (χ2v) is 7.13. The minimum Gasteiger partial charge on any atom is -0.368 e. The van der Waals surface area contributed by atoms with Gasteiger partial charge in [0.2, 0.25) is 17.7 Å². The molecule has 0 saturated heterocycles. The van der Waals surface area contributed by atoms with Crippen molar-refractivity contribution in [3.63, 3.8) is 0 Å². The Morgan fingerprint density at radius 3 is 2.24 bits per heavy atom. The third-order valence-corrected chi connectivity index (χ3v) is 4.75. The van der Waals surface area contributed by atoms with Crippen LogP contribution < -0.4 is 16.4 Å². The van der Waals surface area contributed by atoms with Gasteiger partial charge in [-0.1, -0.05) is 36.4 Å². The molecule has 0 aliphatic carbocycles. The largest absolute Gasteiger partial charge is 0.368 e. The highest BCUT2D eigenvalue weighted by molar-refractivity contribution is 5.91. The second-order valence-electron chi connectivity index (χ2n) is 7.13. The molecule has 7 heteroatoms. The van der Waals surface area contributed by atoms with E-state index in [2.05, 4.69) is 10.6 Å². The van der Waals surface area contributed by atoms with Gasteiger partial charge in [0.1, 0.15) is 17.9 Å². The van der Waals surface area contributed by atoms with Crippen molar-refractivity contribution < 1.29 is 18.8 Å². The lowest BCUT2D eigenvalue weighted by molar-refractivity contribution is -0.130. The number of hydrogen-bond donors (Lipinski definition) is 3. The van der Waals surface area contributed by atoms with Crippen LogP contribution in [0.3, 0.4) is 0 Å². The average molecular weight is 399 g/mol. The first-order chi connectivity index (χ1) is 13.7. The molecule has 0 fully saturated rings. The minimum atomic E-state index is -1.04. The molecule has 0 aliphatic rings. The number of hydrogen-bond acceptors (Lipinski definition) is 3. The van der Waals surface area contributed by atoms with Crippen molar-refractivity contribution in [2.45, 2.75) is 45.7 Å². The van der Waals surface area contributed by atoms with Crippen LogP contribution in [0.25, 0.3) is 0 Å². The Balaban J connectivity index is 2.17. The highest BCUT2D eigenvalue weighted by Crippen LogP contribution is 2.13. The molecule has 0 radical (unpaired) electrons. The number of carbonyl (C=O) groups is 3. The van der Waals surface area contributed by atoms with Gasteiger partial charge in [0, 0.05) is 19.8 Å². The van der Waals surface area contributed by atoms with E-state index in [1.807, 2.05) is 32.0 Å². The number of amides is 3. The summed E-state index contributed by atoms with van der Waals surface area (Å²) in [6, 6.07) is 9.75. The van der Waals surface area contributed by atoms with Crippen molar-refractivity contribution in [1.82, 2.24) is 10.6 Å². The fraction of sp³-hybridized carbons (Fsp3) is 0.318. The van der Waals surface area contributed by atoms with Crippen LogP contribution in [0, 0.1) is 19.7 Å². The molecule has 0 spiro atoms. The Morgan fingerprint density at radius 1 is 0.966 bits per heavy atom. The maximum absolute atomic E-state index is 14.0. The number of benzene rings is 2. The van der Waals surface area contributed by atoms with Gasteiger partial charge in [-0.2, -0.15) is 0 Å². The number of rotatable bonds is 8. The molecule has 0 aliphatic heterocycles. The van der Waals surface area contributed by atoms with E-state index >= 15 is 0 Å². The lowest BCUT2D eigenvalue weighted by Crippen LogP contribution is -2.54. The van der Waals surface area contributed by atoms with Crippen LogP contribution in [-0.4, -0.2) is 29.8 Å². The van der Waals surface area contributed by atoms with Crippen molar-refractivity contribution in [1.29, 1.82) is 0 Å². The van der Waals surface area contributed by atoms with E-state index in [1.54, 1.807) is 12.1 Å². The van der Waals surface area contributed by atoms with Gasteiger partial charge < -0.3 is 16.4 Å². The summed E-state index contributed by atoms with van der Waals surface area (Å²) in [6.07, 6.45) is 0.169. The average Bonchev–Trinajstić information content (AvgIpc) is 2.64. The molecule has 0 saturated carbocycles. The molecule has 154 valence electrons. The van der Waals surface area contributed by atoms with Gasteiger partial charge in [-0.25, -0.2) is 4.39 Å². The normalized spacial score (nSPS) is 12.7. The Bertz CT molecular complexity index is 914. The molecular weight excluding hydrogens is 373 g/mol. The van der Waals surface area contributed by atoms with E-state index in [9.17, 15) is 18.8 Å². The van der Waals surface area contributed by atoms with Crippen LogP contribution in [0.2, 0.25) is 0 Å². The molecule has 0 unspecified atom stereocenters. The van der Waals surface area contributed by atoms with Crippen LogP contribution in [0.5, 0.6) is 0 Å². The van der Waals surface area contributed by atoms with Gasteiger partial charge >= 0.3 is 0 Å². The van der Waals surface area contributed by atoms with Crippen LogP contribution in [0.4, 0.5) is 4.39 Å². The molecule has 0 heterocycles. The quantitative estimate of drug-likeness (QED) is 0.630. The van der Waals surface area contributed by atoms with Crippen molar-refractivity contribution in [2.24, 2.45) is 5.73 Å². The zero-order chi connectivity index (χ0) is 21.6. The number of nitrogens with two attached hydrogens (primary N) is 1. The van der Waals surface area contributed by atoms with Crippen molar-refractivity contribution in [2.75, 3.05) is 0 Å². The van der Waals surface area contributed by atoms with E-state index in [0.29, 0.717) is 0 Å². The molecule has 0 aromatic heterocycles. The van der Waals surface area contributed by atoms with Crippen molar-refractivity contribution in [3.8, 4) is 0 Å². The first kappa shape index (κ1) is 22.1. The lowest BCUT2D eigenvalue weighted by atomic mass is 9.99. The predicted molar refractivity (Wildman–Crippen MR) is 108 cm³/mol. The molecule has 2 rings (SSSR count). The van der Waals surface area contributed by atoms with E-state index in [-0.39, 0.29) is 18.4 Å². The minimum absolute atomic E-state index is 0.0484. The summed E-state index contributed by atoms with van der Waals surface area (Å²) in [5, 5.41) is 5.10. The van der Waals surface area contributed by atoms with E-state index in [4.69, 9.17) is 5.73 Å². The fourth-order valence-corrected chi connectivity index (χ4v) is 3.00. The smallest absolute Gasteiger partial charge is 0.243 e. The summed E-state index contributed by atoms with van der Waals surface area (Å²) in [5.41, 5.74) is 8.79. The maximum atomic E-state index is 14.0. The Labute approximate surface area is 169 Å². The Hall–Kier alpha value is -3.22. The van der Waals surface area contributed by atoms with E-state index < -0.39 is 35.6 Å². The van der Waals surface area contributed by atoms with Gasteiger partial charge in [-0.05, 0) is 42.2 Å². The third-order valence-electron chi connectivity index (χ3n) is 4.75. The Kier molecular flexibility index (Phi) is 7.47. The molecule has 6 nitrogen and oxygen atoms in total. The summed E-state index contributed by atoms with van der Waals surface area (Å²) in [5.74, 6) is -2.20. The van der Waals surface area contributed by atoms with Crippen LogP contribution in [0.1, 0.15) is 29.2 Å². The topological polar surface area (TPSA) is 101 Å². The SMILES string of the molecule is CC(=O)N[C@H](Cc1ccccc1F)C(=O)N[C@H](Cc1ccc(C)c(C)c1)C(N)=O. The number of aryl methyl sites for hydroxylation is 2. The van der Waals surface area contributed by atoms with Gasteiger partial charge in [0.15, 0.2) is 0 Å². The molecule has 4 N–H and O–H groups in total. The fourth-order valence-electron chi connectivity index (χ4n) is 3.00. The zero-order valence-electron chi connectivity index (χ0n) is 16.8. The molecule has 29 heavy (non-hydrogen) atoms. The third kappa shape index (κ3) is 6.41. The molecule has 2 atom stereocenters. The van der Waals surface area contributed by atoms with E-state index in [0.717, 1.165) is 16.7 Å². The highest BCUT2D eigenvalue weighted by Gasteiger charge is 2.26. The van der Waals surface area contributed by atoms with Gasteiger partial charge in [0.25, 0.3) is 0 Å². The second kappa shape index (κ2) is 9.82. The molecule has 2 aromatic carbocycles. The van der Waals surface area contributed by atoms with Gasteiger partial charge in [0.05, 0.1) is 0 Å². The molecular formula is C22H26FN3O3. The van der Waals surface area contributed by atoms with Gasteiger partial charge in [-0.15, -0.1) is 0 Å². The maximum Gasteiger partial charge on any atom is 0.243 e. The van der Waals surface area contributed by atoms with E-state index in [1.165, 1.54) is 19.1 Å².